The minimum atomic E-state index is -0.186. The molecule has 152 valence electrons. The predicted molar refractivity (Wildman–Crippen MR) is 114 cm³/mol. The van der Waals surface area contributed by atoms with Gasteiger partial charge in [-0.25, -0.2) is 0 Å². The fourth-order valence-electron chi connectivity index (χ4n) is 3.18. The standard InChI is InChI=1S/C24H28N2O3/c1-18(2)25-24(27)23-13-12-22(29-23)17-26(15-19-8-5-4-6-9-19)16-20-10-7-11-21(14-20)28-3/h4-14,18H,15-17H2,1-3H3,(H,25,27). The van der Waals surface area contributed by atoms with Gasteiger partial charge in [-0.2, -0.15) is 0 Å². The molecule has 2 aromatic carbocycles. The summed E-state index contributed by atoms with van der Waals surface area (Å²) in [7, 11) is 1.67. The number of rotatable bonds is 9. The van der Waals surface area contributed by atoms with Gasteiger partial charge in [-0.3, -0.25) is 9.69 Å². The second-order valence-corrected chi connectivity index (χ2v) is 7.38. The Morgan fingerprint density at radius 1 is 0.966 bits per heavy atom. The number of hydrogen-bond acceptors (Lipinski definition) is 4. The van der Waals surface area contributed by atoms with E-state index in [0.717, 1.165) is 30.2 Å². The summed E-state index contributed by atoms with van der Waals surface area (Å²) in [4.78, 5) is 14.5. The third-order valence-corrected chi connectivity index (χ3v) is 4.47. The third kappa shape index (κ3) is 6.22. The first kappa shape index (κ1) is 20.7. The van der Waals surface area contributed by atoms with Crippen molar-refractivity contribution >= 4 is 5.91 Å². The van der Waals surface area contributed by atoms with Crippen LogP contribution in [0.4, 0.5) is 0 Å². The summed E-state index contributed by atoms with van der Waals surface area (Å²) in [5.74, 6) is 1.76. The van der Waals surface area contributed by atoms with Gasteiger partial charge in [0.05, 0.1) is 13.7 Å². The van der Waals surface area contributed by atoms with E-state index in [2.05, 4.69) is 28.4 Å². The van der Waals surface area contributed by atoms with Gasteiger partial charge in [-0.15, -0.1) is 0 Å². The van der Waals surface area contributed by atoms with Crippen molar-refractivity contribution in [1.82, 2.24) is 10.2 Å². The monoisotopic (exact) mass is 392 g/mol. The number of carbonyl (C=O) groups excluding carboxylic acids is 1. The highest BCUT2D eigenvalue weighted by Gasteiger charge is 2.15. The Hall–Kier alpha value is -3.05. The average molecular weight is 392 g/mol. The molecule has 0 aliphatic rings. The van der Waals surface area contributed by atoms with Crippen LogP contribution in [0.2, 0.25) is 0 Å². The van der Waals surface area contributed by atoms with Crippen LogP contribution in [0.5, 0.6) is 5.75 Å². The second kappa shape index (κ2) is 9.94. The zero-order chi connectivity index (χ0) is 20.6. The van der Waals surface area contributed by atoms with Crippen molar-refractivity contribution < 1.29 is 13.9 Å². The molecule has 0 bridgehead atoms. The van der Waals surface area contributed by atoms with Gasteiger partial charge in [0.1, 0.15) is 11.5 Å². The fourth-order valence-corrected chi connectivity index (χ4v) is 3.18. The molecule has 1 aromatic heterocycles. The van der Waals surface area contributed by atoms with E-state index >= 15 is 0 Å². The number of ether oxygens (including phenoxy) is 1. The van der Waals surface area contributed by atoms with Crippen molar-refractivity contribution in [3.8, 4) is 5.75 Å². The van der Waals surface area contributed by atoms with E-state index in [1.807, 2.05) is 56.3 Å². The van der Waals surface area contributed by atoms with Crippen LogP contribution in [-0.2, 0) is 19.6 Å². The zero-order valence-corrected chi connectivity index (χ0v) is 17.2. The molecule has 0 fully saturated rings. The van der Waals surface area contributed by atoms with Gasteiger partial charge in [0.15, 0.2) is 5.76 Å². The van der Waals surface area contributed by atoms with Gasteiger partial charge in [0, 0.05) is 19.1 Å². The number of carbonyl (C=O) groups is 1. The minimum absolute atomic E-state index is 0.0682. The van der Waals surface area contributed by atoms with Crippen LogP contribution in [0.1, 0.15) is 41.3 Å². The Morgan fingerprint density at radius 3 is 2.41 bits per heavy atom. The zero-order valence-electron chi connectivity index (χ0n) is 17.2. The Bertz CT molecular complexity index is 919. The Balaban J connectivity index is 1.76. The lowest BCUT2D eigenvalue weighted by Crippen LogP contribution is -2.29. The number of hydrogen-bond donors (Lipinski definition) is 1. The second-order valence-electron chi connectivity index (χ2n) is 7.38. The molecule has 5 nitrogen and oxygen atoms in total. The first-order valence-electron chi connectivity index (χ1n) is 9.82. The van der Waals surface area contributed by atoms with Crippen molar-refractivity contribution in [3.63, 3.8) is 0 Å². The molecule has 0 aliphatic carbocycles. The van der Waals surface area contributed by atoms with E-state index in [1.54, 1.807) is 13.2 Å². The number of amides is 1. The molecule has 0 unspecified atom stereocenters. The van der Waals surface area contributed by atoms with Crippen LogP contribution >= 0.6 is 0 Å². The van der Waals surface area contributed by atoms with Gasteiger partial charge in [-0.05, 0) is 49.2 Å². The molecular formula is C24H28N2O3. The number of furan rings is 1. The Kier molecular flexibility index (Phi) is 7.09. The molecule has 0 aliphatic heterocycles. The maximum atomic E-state index is 12.2. The smallest absolute Gasteiger partial charge is 0.287 e. The first-order chi connectivity index (χ1) is 14.0. The molecule has 1 N–H and O–H groups in total. The molecule has 3 rings (SSSR count). The lowest BCUT2D eigenvalue weighted by atomic mass is 10.1. The largest absolute Gasteiger partial charge is 0.497 e. The van der Waals surface area contributed by atoms with E-state index in [1.165, 1.54) is 5.56 Å². The summed E-state index contributed by atoms with van der Waals surface area (Å²) in [6, 6.07) is 22.1. The molecule has 0 saturated heterocycles. The first-order valence-corrected chi connectivity index (χ1v) is 9.82. The van der Waals surface area contributed by atoms with Gasteiger partial charge in [-0.1, -0.05) is 42.5 Å². The van der Waals surface area contributed by atoms with E-state index in [0.29, 0.717) is 12.3 Å². The van der Waals surface area contributed by atoms with Crippen LogP contribution in [-0.4, -0.2) is 24.0 Å². The molecule has 1 heterocycles. The number of nitrogens with one attached hydrogen (secondary N) is 1. The summed E-state index contributed by atoms with van der Waals surface area (Å²) < 4.78 is 11.2. The van der Waals surface area contributed by atoms with Crippen molar-refractivity contribution in [3.05, 3.63) is 89.4 Å². The molecule has 0 atom stereocenters. The molecule has 0 radical (unpaired) electrons. The normalized spacial score (nSPS) is 11.1. The maximum Gasteiger partial charge on any atom is 0.287 e. The van der Waals surface area contributed by atoms with Crippen molar-refractivity contribution in [1.29, 1.82) is 0 Å². The average Bonchev–Trinajstić information content (AvgIpc) is 3.17. The highest BCUT2D eigenvalue weighted by Crippen LogP contribution is 2.19. The van der Waals surface area contributed by atoms with Gasteiger partial charge in [0.2, 0.25) is 0 Å². The summed E-state index contributed by atoms with van der Waals surface area (Å²) >= 11 is 0. The molecular weight excluding hydrogens is 364 g/mol. The molecule has 3 aromatic rings. The topological polar surface area (TPSA) is 54.7 Å². The van der Waals surface area contributed by atoms with Crippen molar-refractivity contribution in [2.24, 2.45) is 0 Å². The maximum absolute atomic E-state index is 12.2. The van der Waals surface area contributed by atoms with Crippen LogP contribution in [0.25, 0.3) is 0 Å². The minimum Gasteiger partial charge on any atom is -0.497 e. The highest BCUT2D eigenvalue weighted by molar-refractivity contribution is 5.91. The van der Waals surface area contributed by atoms with Crippen LogP contribution in [0.15, 0.2) is 71.1 Å². The van der Waals surface area contributed by atoms with Gasteiger partial charge < -0.3 is 14.5 Å². The summed E-state index contributed by atoms with van der Waals surface area (Å²) in [5.41, 5.74) is 2.38. The van der Waals surface area contributed by atoms with Gasteiger partial charge >= 0.3 is 0 Å². The number of methoxy groups -OCH3 is 1. The van der Waals surface area contributed by atoms with E-state index in [9.17, 15) is 4.79 Å². The predicted octanol–water partition coefficient (Wildman–Crippen LogP) is 4.63. The summed E-state index contributed by atoms with van der Waals surface area (Å²) in [6.45, 7) is 5.96. The highest BCUT2D eigenvalue weighted by atomic mass is 16.5. The molecule has 0 saturated carbocycles. The van der Waals surface area contributed by atoms with E-state index in [-0.39, 0.29) is 11.9 Å². The lowest BCUT2D eigenvalue weighted by molar-refractivity contribution is 0.0910. The van der Waals surface area contributed by atoms with Crippen LogP contribution < -0.4 is 10.1 Å². The van der Waals surface area contributed by atoms with Gasteiger partial charge in [0.25, 0.3) is 5.91 Å². The Labute approximate surface area is 172 Å². The van der Waals surface area contributed by atoms with E-state index < -0.39 is 0 Å². The molecule has 1 amide bonds. The summed E-state index contributed by atoms with van der Waals surface area (Å²) in [5, 5.41) is 2.86. The lowest BCUT2D eigenvalue weighted by Gasteiger charge is -2.22. The van der Waals surface area contributed by atoms with E-state index in [4.69, 9.17) is 9.15 Å². The van der Waals surface area contributed by atoms with Crippen LogP contribution in [0.3, 0.4) is 0 Å². The molecule has 0 spiro atoms. The fraction of sp³-hybridized carbons (Fsp3) is 0.292. The third-order valence-electron chi connectivity index (χ3n) is 4.47. The molecule has 29 heavy (non-hydrogen) atoms. The van der Waals surface area contributed by atoms with Crippen LogP contribution in [0, 0.1) is 0 Å². The SMILES string of the molecule is COc1cccc(CN(Cc2ccccc2)Cc2ccc(C(=O)NC(C)C)o2)c1. The summed E-state index contributed by atoms with van der Waals surface area (Å²) in [6.07, 6.45) is 0. The number of nitrogens with zero attached hydrogens (tertiary/aromatic N) is 1. The molecule has 5 heteroatoms. The quantitative estimate of drug-likeness (QED) is 0.577. The van der Waals surface area contributed by atoms with Crippen molar-refractivity contribution in [2.45, 2.75) is 39.5 Å². The Morgan fingerprint density at radius 2 is 1.69 bits per heavy atom. The number of benzene rings is 2. The van der Waals surface area contributed by atoms with Crippen molar-refractivity contribution in [2.75, 3.05) is 7.11 Å².